The van der Waals surface area contributed by atoms with E-state index in [9.17, 15) is 4.79 Å². The number of ether oxygens (including phenoxy) is 1. The van der Waals surface area contributed by atoms with Crippen LogP contribution in [-0.4, -0.2) is 31.0 Å². The molecule has 3 rings (SSSR count). The number of halogens is 1. The number of likely N-dealkylation sites (tertiary alicyclic amines) is 1. The van der Waals surface area contributed by atoms with Gasteiger partial charge in [0.15, 0.2) is 0 Å². The van der Waals surface area contributed by atoms with Crippen molar-refractivity contribution in [1.82, 2.24) is 4.90 Å². The van der Waals surface area contributed by atoms with E-state index >= 15 is 0 Å². The standard InChI is InChI=1S/C20H23ClN2O2/c1-25-18-10-8-17(9-11-18)22-20(24)16-6-4-12-23(14-16)13-15-5-2-3-7-19(15)21/h2-3,5,7-11,16H,4,6,12-14H2,1H3,(H,22,24)/t16-/m0/s1. The molecule has 2 aromatic carbocycles. The molecule has 25 heavy (non-hydrogen) atoms. The lowest BCUT2D eigenvalue weighted by atomic mass is 9.96. The first-order valence-corrected chi connectivity index (χ1v) is 8.94. The fourth-order valence-electron chi connectivity index (χ4n) is 3.20. The van der Waals surface area contributed by atoms with Crippen LogP contribution in [0.2, 0.25) is 5.02 Å². The van der Waals surface area contributed by atoms with Gasteiger partial charge >= 0.3 is 0 Å². The van der Waals surface area contributed by atoms with E-state index in [0.717, 1.165) is 54.5 Å². The topological polar surface area (TPSA) is 41.6 Å². The molecule has 1 fully saturated rings. The first-order chi connectivity index (χ1) is 12.2. The van der Waals surface area contributed by atoms with Crippen LogP contribution in [0.4, 0.5) is 5.69 Å². The lowest BCUT2D eigenvalue weighted by molar-refractivity contribution is -0.121. The lowest BCUT2D eigenvalue weighted by Crippen LogP contribution is -2.40. The first-order valence-electron chi connectivity index (χ1n) is 8.56. The molecule has 4 nitrogen and oxygen atoms in total. The predicted molar refractivity (Wildman–Crippen MR) is 101 cm³/mol. The van der Waals surface area contributed by atoms with Crippen LogP contribution in [0.25, 0.3) is 0 Å². The van der Waals surface area contributed by atoms with Crippen molar-refractivity contribution < 1.29 is 9.53 Å². The molecule has 1 saturated heterocycles. The molecule has 1 atom stereocenters. The van der Waals surface area contributed by atoms with Crippen molar-refractivity contribution in [1.29, 1.82) is 0 Å². The SMILES string of the molecule is COc1ccc(NC(=O)[C@H]2CCCN(Cc3ccccc3Cl)C2)cc1. The fourth-order valence-corrected chi connectivity index (χ4v) is 3.39. The highest BCUT2D eigenvalue weighted by Gasteiger charge is 2.26. The zero-order valence-corrected chi connectivity index (χ0v) is 15.1. The summed E-state index contributed by atoms with van der Waals surface area (Å²) in [5, 5.41) is 3.80. The number of carbonyl (C=O) groups excluding carboxylic acids is 1. The van der Waals surface area contributed by atoms with Crippen LogP contribution in [0.15, 0.2) is 48.5 Å². The molecule has 1 N–H and O–H groups in total. The van der Waals surface area contributed by atoms with Crippen LogP contribution in [0.3, 0.4) is 0 Å². The van der Waals surface area contributed by atoms with Crippen LogP contribution < -0.4 is 10.1 Å². The van der Waals surface area contributed by atoms with E-state index in [1.807, 2.05) is 48.5 Å². The van der Waals surface area contributed by atoms with E-state index in [1.54, 1.807) is 7.11 Å². The van der Waals surface area contributed by atoms with Crippen molar-refractivity contribution in [2.24, 2.45) is 5.92 Å². The van der Waals surface area contributed by atoms with Crippen LogP contribution in [-0.2, 0) is 11.3 Å². The molecule has 5 heteroatoms. The fraction of sp³-hybridized carbons (Fsp3) is 0.350. The van der Waals surface area contributed by atoms with Gasteiger partial charge in [0.05, 0.1) is 13.0 Å². The van der Waals surface area contributed by atoms with Gasteiger partial charge in [0.1, 0.15) is 5.75 Å². The number of hydrogen-bond donors (Lipinski definition) is 1. The van der Waals surface area contributed by atoms with E-state index in [2.05, 4.69) is 10.2 Å². The quantitative estimate of drug-likeness (QED) is 0.870. The van der Waals surface area contributed by atoms with Gasteiger partial charge in [-0.2, -0.15) is 0 Å². The Morgan fingerprint density at radius 3 is 2.72 bits per heavy atom. The second kappa shape index (κ2) is 8.37. The molecule has 132 valence electrons. The number of carbonyl (C=O) groups is 1. The molecular weight excluding hydrogens is 336 g/mol. The van der Waals surface area contributed by atoms with Crippen LogP contribution in [0.1, 0.15) is 18.4 Å². The number of amides is 1. The maximum Gasteiger partial charge on any atom is 0.228 e. The molecule has 1 aliphatic heterocycles. The molecule has 0 spiro atoms. The third-order valence-corrected chi connectivity index (χ3v) is 4.95. The molecule has 1 heterocycles. The smallest absolute Gasteiger partial charge is 0.228 e. The van der Waals surface area contributed by atoms with Crippen molar-refractivity contribution in [2.75, 3.05) is 25.5 Å². The summed E-state index contributed by atoms with van der Waals surface area (Å²) in [7, 11) is 1.63. The van der Waals surface area contributed by atoms with Gasteiger partial charge < -0.3 is 10.1 Å². The molecule has 0 saturated carbocycles. The molecule has 0 aromatic heterocycles. The van der Waals surface area contributed by atoms with Gasteiger partial charge in [-0.05, 0) is 55.3 Å². The Morgan fingerprint density at radius 2 is 2.00 bits per heavy atom. The van der Waals surface area contributed by atoms with Crippen molar-refractivity contribution >= 4 is 23.2 Å². The van der Waals surface area contributed by atoms with Crippen molar-refractivity contribution in [3.05, 3.63) is 59.1 Å². The summed E-state index contributed by atoms with van der Waals surface area (Å²) in [6.45, 7) is 2.54. The van der Waals surface area contributed by atoms with Crippen LogP contribution in [0, 0.1) is 5.92 Å². The molecule has 1 aliphatic rings. The molecule has 0 unspecified atom stereocenters. The molecule has 0 radical (unpaired) electrons. The third kappa shape index (κ3) is 4.74. The molecule has 1 amide bonds. The Hall–Kier alpha value is -2.04. The Kier molecular flexibility index (Phi) is 5.95. The number of hydrogen-bond acceptors (Lipinski definition) is 3. The highest BCUT2D eigenvalue weighted by Crippen LogP contribution is 2.23. The molecule has 0 aliphatic carbocycles. The molecule has 2 aromatic rings. The van der Waals surface area contributed by atoms with Crippen molar-refractivity contribution in [2.45, 2.75) is 19.4 Å². The summed E-state index contributed by atoms with van der Waals surface area (Å²) in [6.07, 6.45) is 1.94. The van der Waals surface area contributed by atoms with Gasteiger partial charge in [0.25, 0.3) is 0 Å². The maximum absolute atomic E-state index is 12.6. The van der Waals surface area contributed by atoms with Gasteiger partial charge in [-0.1, -0.05) is 29.8 Å². The zero-order valence-electron chi connectivity index (χ0n) is 14.4. The van der Waals surface area contributed by atoms with E-state index in [1.165, 1.54) is 0 Å². The zero-order chi connectivity index (χ0) is 17.6. The molecular formula is C20H23ClN2O2. The van der Waals surface area contributed by atoms with E-state index in [4.69, 9.17) is 16.3 Å². The number of methoxy groups -OCH3 is 1. The minimum Gasteiger partial charge on any atom is -0.497 e. The van der Waals surface area contributed by atoms with Gasteiger partial charge in [0, 0.05) is 23.8 Å². The van der Waals surface area contributed by atoms with Crippen molar-refractivity contribution in [3.63, 3.8) is 0 Å². The Labute approximate surface area is 153 Å². The van der Waals surface area contributed by atoms with E-state index in [0.29, 0.717) is 0 Å². The number of nitrogens with zero attached hydrogens (tertiary/aromatic N) is 1. The summed E-state index contributed by atoms with van der Waals surface area (Å²) in [6, 6.07) is 15.3. The number of benzene rings is 2. The Bertz CT molecular complexity index is 718. The van der Waals surface area contributed by atoms with Crippen molar-refractivity contribution in [3.8, 4) is 5.75 Å². The average molecular weight is 359 g/mol. The van der Waals surface area contributed by atoms with Gasteiger partial charge in [-0.3, -0.25) is 9.69 Å². The number of piperidine rings is 1. The number of nitrogens with one attached hydrogen (secondary N) is 1. The highest BCUT2D eigenvalue weighted by molar-refractivity contribution is 6.31. The average Bonchev–Trinajstić information content (AvgIpc) is 2.64. The monoisotopic (exact) mass is 358 g/mol. The summed E-state index contributed by atoms with van der Waals surface area (Å²) in [5.41, 5.74) is 1.91. The van der Waals surface area contributed by atoms with E-state index < -0.39 is 0 Å². The summed E-state index contributed by atoms with van der Waals surface area (Å²) >= 11 is 6.26. The van der Waals surface area contributed by atoms with Gasteiger partial charge in [-0.15, -0.1) is 0 Å². The lowest BCUT2D eigenvalue weighted by Gasteiger charge is -2.32. The minimum absolute atomic E-state index is 0.00154. The van der Waals surface area contributed by atoms with E-state index in [-0.39, 0.29) is 11.8 Å². The second-order valence-corrected chi connectivity index (χ2v) is 6.79. The second-order valence-electron chi connectivity index (χ2n) is 6.38. The third-order valence-electron chi connectivity index (χ3n) is 4.59. The Morgan fingerprint density at radius 1 is 1.24 bits per heavy atom. The summed E-state index contributed by atoms with van der Waals surface area (Å²) in [4.78, 5) is 14.9. The number of rotatable bonds is 5. The van der Waals surface area contributed by atoms with Crippen LogP contribution >= 0.6 is 11.6 Å². The highest BCUT2D eigenvalue weighted by atomic mass is 35.5. The van der Waals surface area contributed by atoms with Gasteiger partial charge in [0.2, 0.25) is 5.91 Å². The first kappa shape index (κ1) is 17.8. The van der Waals surface area contributed by atoms with Gasteiger partial charge in [-0.25, -0.2) is 0 Å². The summed E-state index contributed by atoms with van der Waals surface area (Å²) in [5.74, 6) is 0.856. The summed E-state index contributed by atoms with van der Waals surface area (Å²) < 4.78 is 5.14. The predicted octanol–water partition coefficient (Wildman–Crippen LogP) is 4.20. The largest absolute Gasteiger partial charge is 0.497 e. The maximum atomic E-state index is 12.6. The molecule has 0 bridgehead atoms. The number of anilines is 1. The Balaban J connectivity index is 1.58. The minimum atomic E-state index is -0.00154. The van der Waals surface area contributed by atoms with Crippen LogP contribution in [0.5, 0.6) is 5.75 Å². The normalized spacial score (nSPS) is 17.9.